The molecule has 0 aromatic rings. The third-order valence-corrected chi connectivity index (χ3v) is 4.37. The number of hydrazine groups is 1. The molecule has 2 amide bonds. The third kappa shape index (κ3) is 16.7. The molecule has 0 aliphatic carbocycles. The van der Waals surface area contributed by atoms with Gasteiger partial charge >= 0.3 is 17.9 Å². The summed E-state index contributed by atoms with van der Waals surface area (Å²) in [5.41, 5.74) is 4.81. The fraction of sp³-hybridized carbons (Fsp3) is 0.737. The highest BCUT2D eigenvalue weighted by molar-refractivity contribution is 5.76. The first-order valence-corrected chi connectivity index (χ1v) is 10.3. The molecular formula is C19H34N4O8. The zero-order valence-corrected chi connectivity index (χ0v) is 17.8. The molecule has 178 valence electrons. The number of amides is 2. The predicted molar refractivity (Wildman–Crippen MR) is 110 cm³/mol. The number of rotatable bonds is 19. The largest absolute Gasteiger partial charge is 0.481 e. The van der Waals surface area contributed by atoms with Gasteiger partial charge in [0.25, 0.3) is 0 Å². The van der Waals surface area contributed by atoms with Crippen molar-refractivity contribution in [2.45, 2.75) is 76.8 Å². The molecular weight excluding hydrogens is 412 g/mol. The van der Waals surface area contributed by atoms with E-state index < -0.39 is 30.0 Å². The van der Waals surface area contributed by atoms with Crippen LogP contribution in [0.2, 0.25) is 0 Å². The van der Waals surface area contributed by atoms with E-state index >= 15 is 0 Å². The number of carbonyl (C=O) groups excluding carboxylic acids is 2. The summed E-state index contributed by atoms with van der Waals surface area (Å²) in [4.78, 5) is 55.5. The maximum atomic E-state index is 11.7. The summed E-state index contributed by atoms with van der Waals surface area (Å²) in [5, 5.41) is 32.4. The lowest BCUT2D eigenvalue weighted by Gasteiger charge is -2.19. The molecule has 0 aliphatic heterocycles. The van der Waals surface area contributed by atoms with Crippen LogP contribution in [0, 0.1) is 0 Å². The number of unbranched alkanes of at least 4 members (excludes halogenated alkanes) is 3. The van der Waals surface area contributed by atoms with E-state index in [1.54, 1.807) is 0 Å². The van der Waals surface area contributed by atoms with Crippen molar-refractivity contribution in [3.8, 4) is 0 Å². The molecule has 12 nitrogen and oxygen atoms in total. The van der Waals surface area contributed by atoms with Crippen molar-refractivity contribution in [1.29, 1.82) is 0 Å². The monoisotopic (exact) mass is 446 g/mol. The molecule has 0 aromatic heterocycles. The lowest BCUT2D eigenvalue weighted by Crippen LogP contribution is -2.52. The van der Waals surface area contributed by atoms with Gasteiger partial charge < -0.3 is 26.0 Å². The van der Waals surface area contributed by atoms with E-state index in [2.05, 4.69) is 21.5 Å². The Bertz CT molecular complexity index is 599. The molecule has 7 N–H and O–H groups in total. The Labute approximate surface area is 181 Å². The molecule has 0 saturated carbocycles. The van der Waals surface area contributed by atoms with E-state index in [1.165, 1.54) is 6.92 Å². The molecule has 0 heterocycles. The Morgan fingerprint density at radius 2 is 1.23 bits per heavy atom. The van der Waals surface area contributed by atoms with E-state index in [9.17, 15) is 29.1 Å². The van der Waals surface area contributed by atoms with Crippen molar-refractivity contribution in [2.75, 3.05) is 13.1 Å². The first-order valence-electron chi connectivity index (χ1n) is 10.3. The van der Waals surface area contributed by atoms with Crippen LogP contribution < -0.4 is 21.5 Å². The second-order valence-electron chi connectivity index (χ2n) is 7.14. The molecule has 12 heteroatoms. The molecule has 0 bridgehead atoms. The van der Waals surface area contributed by atoms with Crippen LogP contribution in [0.3, 0.4) is 0 Å². The van der Waals surface area contributed by atoms with Gasteiger partial charge in [-0.15, -0.1) is 0 Å². The van der Waals surface area contributed by atoms with Crippen molar-refractivity contribution >= 4 is 29.7 Å². The summed E-state index contributed by atoms with van der Waals surface area (Å²) in [5.74, 6) is -3.76. The number of aliphatic carboxylic acids is 3. The fourth-order valence-electron chi connectivity index (χ4n) is 2.63. The smallest absolute Gasteiger partial charge is 0.322 e. The fourth-order valence-corrected chi connectivity index (χ4v) is 2.63. The minimum Gasteiger partial charge on any atom is -0.481 e. The van der Waals surface area contributed by atoms with Crippen LogP contribution in [-0.4, -0.2) is 70.2 Å². The zero-order valence-electron chi connectivity index (χ0n) is 17.8. The number of hydrogen-bond acceptors (Lipinski definition) is 7. The highest BCUT2D eigenvalue weighted by Crippen LogP contribution is 2.03. The molecule has 0 spiro atoms. The Kier molecular flexibility index (Phi) is 15.5. The van der Waals surface area contributed by atoms with E-state index in [-0.39, 0.29) is 31.1 Å². The molecule has 0 rings (SSSR count). The molecule has 0 fully saturated rings. The highest BCUT2D eigenvalue weighted by atomic mass is 16.4. The average molecular weight is 447 g/mol. The minimum atomic E-state index is -1.28. The average Bonchev–Trinajstić information content (AvgIpc) is 2.67. The maximum Gasteiger partial charge on any atom is 0.322 e. The normalized spacial score (nSPS) is 12.5. The van der Waals surface area contributed by atoms with Gasteiger partial charge in [0.05, 0.1) is 0 Å². The van der Waals surface area contributed by atoms with Gasteiger partial charge in [0.2, 0.25) is 11.8 Å². The molecule has 0 aromatic carbocycles. The SMILES string of the molecule is CC(=O)NCCCCCC(=O)NCCCC[C@H](NN[C@@H](CCC(=O)O)C(=O)O)C(=O)O. The van der Waals surface area contributed by atoms with Gasteiger partial charge in [-0.25, -0.2) is 10.9 Å². The van der Waals surface area contributed by atoms with E-state index in [4.69, 9.17) is 10.2 Å². The molecule has 0 aliphatic rings. The maximum absolute atomic E-state index is 11.7. The topological polar surface area (TPSA) is 194 Å². The van der Waals surface area contributed by atoms with Gasteiger partial charge in [0.1, 0.15) is 12.1 Å². The number of carboxylic acid groups (broad SMARTS) is 3. The number of carboxylic acids is 3. The van der Waals surface area contributed by atoms with Crippen LogP contribution in [0.25, 0.3) is 0 Å². The summed E-state index contributed by atoms with van der Waals surface area (Å²) < 4.78 is 0. The van der Waals surface area contributed by atoms with Crippen molar-refractivity contribution < 1.29 is 39.3 Å². The first kappa shape index (κ1) is 28.3. The Balaban J connectivity index is 3.99. The van der Waals surface area contributed by atoms with E-state index in [1.807, 2.05) is 0 Å². The molecule has 0 saturated heterocycles. The van der Waals surface area contributed by atoms with Gasteiger partial charge in [-0.05, 0) is 38.5 Å². The van der Waals surface area contributed by atoms with E-state index in [0.717, 1.165) is 12.8 Å². The van der Waals surface area contributed by atoms with Crippen molar-refractivity contribution in [2.24, 2.45) is 0 Å². The van der Waals surface area contributed by atoms with Crippen molar-refractivity contribution in [1.82, 2.24) is 21.5 Å². The van der Waals surface area contributed by atoms with Crippen molar-refractivity contribution in [3.63, 3.8) is 0 Å². The number of carbonyl (C=O) groups is 5. The molecule has 31 heavy (non-hydrogen) atoms. The second-order valence-corrected chi connectivity index (χ2v) is 7.14. The van der Waals surface area contributed by atoms with Crippen LogP contribution in [0.4, 0.5) is 0 Å². The van der Waals surface area contributed by atoms with Crippen LogP contribution in [-0.2, 0) is 24.0 Å². The Hall–Kier alpha value is -2.73. The number of nitrogens with one attached hydrogen (secondary N) is 4. The lowest BCUT2D eigenvalue weighted by atomic mass is 10.1. The quantitative estimate of drug-likeness (QED) is 0.103. The summed E-state index contributed by atoms with van der Waals surface area (Å²) in [7, 11) is 0. The number of hydrogen-bond donors (Lipinski definition) is 7. The predicted octanol–water partition coefficient (Wildman–Crippen LogP) is -0.165. The zero-order chi connectivity index (χ0) is 23.6. The van der Waals surface area contributed by atoms with Gasteiger partial charge in [0, 0.05) is 32.9 Å². The van der Waals surface area contributed by atoms with Gasteiger partial charge in [-0.3, -0.25) is 24.0 Å². The van der Waals surface area contributed by atoms with E-state index in [0.29, 0.717) is 38.8 Å². The van der Waals surface area contributed by atoms with Gasteiger partial charge in [-0.2, -0.15) is 0 Å². The van der Waals surface area contributed by atoms with Gasteiger partial charge in [-0.1, -0.05) is 6.42 Å². The summed E-state index contributed by atoms with van der Waals surface area (Å²) in [6.07, 6.45) is 3.43. The lowest BCUT2D eigenvalue weighted by molar-refractivity contribution is -0.144. The Morgan fingerprint density at radius 3 is 1.77 bits per heavy atom. The molecule has 2 atom stereocenters. The van der Waals surface area contributed by atoms with Crippen molar-refractivity contribution in [3.05, 3.63) is 0 Å². The second kappa shape index (κ2) is 17.0. The van der Waals surface area contributed by atoms with Crippen LogP contribution in [0.15, 0.2) is 0 Å². The third-order valence-electron chi connectivity index (χ3n) is 4.37. The van der Waals surface area contributed by atoms with Crippen LogP contribution >= 0.6 is 0 Å². The molecule has 0 radical (unpaired) electrons. The summed E-state index contributed by atoms with van der Waals surface area (Å²) in [6, 6.07) is -2.28. The Morgan fingerprint density at radius 1 is 0.677 bits per heavy atom. The first-order chi connectivity index (χ1) is 14.6. The highest BCUT2D eigenvalue weighted by Gasteiger charge is 2.22. The van der Waals surface area contributed by atoms with Crippen LogP contribution in [0.5, 0.6) is 0 Å². The molecule has 0 unspecified atom stereocenters. The minimum absolute atomic E-state index is 0.0752. The summed E-state index contributed by atoms with van der Waals surface area (Å²) >= 11 is 0. The summed E-state index contributed by atoms with van der Waals surface area (Å²) in [6.45, 7) is 2.45. The van der Waals surface area contributed by atoms with Gasteiger partial charge in [0.15, 0.2) is 0 Å². The van der Waals surface area contributed by atoms with Crippen LogP contribution in [0.1, 0.15) is 64.7 Å². The standard InChI is InChI=1S/C19H34N4O8/c1-13(24)20-11-5-2-3-8-16(25)21-12-6-4-7-14(18(28)29)22-23-15(19(30)31)9-10-17(26)27/h14-15,22-23H,2-12H2,1H3,(H,20,24)(H,21,25)(H,26,27)(H,28,29)(H,30,31)/t14-,15-/m0/s1.